The molecule has 0 saturated heterocycles. The predicted molar refractivity (Wildman–Crippen MR) is 103 cm³/mol. The maximum absolute atomic E-state index is 13.0. The molecule has 0 spiro atoms. The average Bonchev–Trinajstić information content (AvgIpc) is 2.71. The zero-order valence-corrected chi connectivity index (χ0v) is 15.6. The fourth-order valence-corrected chi connectivity index (χ4v) is 2.98. The molecule has 0 unspecified atom stereocenters. The highest BCUT2D eigenvalue weighted by molar-refractivity contribution is 5.75. The van der Waals surface area contributed by atoms with Crippen LogP contribution < -0.4 is 16.0 Å². The van der Waals surface area contributed by atoms with Crippen molar-refractivity contribution in [1.82, 2.24) is 9.38 Å². The van der Waals surface area contributed by atoms with Gasteiger partial charge in [0.25, 0.3) is 11.5 Å². The van der Waals surface area contributed by atoms with Crippen molar-refractivity contribution < 1.29 is 24.2 Å². The van der Waals surface area contributed by atoms with Gasteiger partial charge in [0.2, 0.25) is 5.88 Å². The lowest BCUT2D eigenvalue weighted by Gasteiger charge is -2.18. The number of benzene rings is 1. The van der Waals surface area contributed by atoms with Crippen molar-refractivity contribution in [2.24, 2.45) is 5.73 Å². The first kappa shape index (κ1) is 19.9. The Labute approximate surface area is 165 Å². The van der Waals surface area contributed by atoms with Crippen LogP contribution in [0.4, 0.5) is 0 Å². The molecule has 2 heterocycles. The van der Waals surface area contributed by atoms with Crippen molar-refractivity contribution in [3.63, 3.8) is 0 Å². The summed E-state index contributed by atoms with van der Waals surface area (Å²) in [5.74, 6) is -2.03. The fourth-order valence-electron chi connectivity index (χ4n) is 2.98. The van der Waals surface area contributed by atoms with Gasteiger partial charge in [0.15, 0.2) is 6.61 Å². The molecule has 3 rings (SSSR count). The summed E-state index contributed by atoms with van der Waals surface area (Å²) in [5.41, 5.74) is 5.39. The molecule has 0 bridgehead atoms. The van der Waals surface area contributed by atoms with E-state index in [1.165, 1.54) is 17.7 Å². The van der Waals surface area contributed by atoms with Crippen LogP contribution in [0.1, 0.15) is 23.5 Å². The van der Waals surface area contributed by atoms with E-state index in [2.05, 4.69) is 4.98 Å². The van der Waals surface area contributed by atoms with Crippen molar-refractivity contribution in [3.8, 4) is 11.6 Å². The summed E-state index contributed by atoms with van der Waals surface area (Å²) in [4.78, 5) is 39.9. The summed E-state index contributed by atoms with van der Waals surface area (Å²) in [6, 6.07) is 11.3. The van der Waals surface area contributed by atoms with Crippen LogP contribution in [-0.4, -0.2) is 40.1 Å². The largest absolute Gasteiger partial charge is 0.493 e. The number of hydrogen-bond donors (Lipinski definition) is 2. The van der Waals surface area contributed by atoms with Gasteiger partial charge in [-0.2, -0.15) is 4.98 Å². The highest BCUT2D eigenvalue weighted by Crippen LogP contribution is 2.32. The molecule has 0 radical (unpaired) electrons. The number of aromatic nitrogens is 2. The van der Waals surface area contributed by atoms with E-state index in [4.69, 9.17) is 15.2 Å². The Bertz CT molecular complexity index is 1110. The first-order valence-corrected chi connectivity index (χ1v) is 8.69. The Hall–Kier alpha value is -3.88. The molecule has 0 aliphatic carbocycles. The summed E-state index contributed by atoms with van der Waals surface area (Å²) in [7, 11) is 1.24. The maximum atomic E-state index is 13.0. The summed E-state index contributed by atoms with van der Waals surface area (Å²) < 4.78 is 11.3. The first-order valence-electron chi connectivity index (χ1n) is 8.69. The van der Waals surface area contributed by atoms with Gasteiger partial charge in [-0.05, 0) is 29.8 Å². The van der Waals surface area contributed by atoms with Gasteiger partial charge in [0.05, 0.1) is 19.1 Å². The lowest BCUT2D eigenvalue weighted by molar-refractivity contribution is -0.140. The van der Waals surface area contributed by atoms with Crippen molar-refractivity contribution in [2.45, 2.75) is 12.3 Å². The van der Waals surface area contributed by atoms with E-state index < -0.39 is 29.2 Å². The number of primary amides is 1. The molecule has 0 aliphatic heterocycles. The molecule has 9 nitrogen and oxygen atoms in total. The van der Waals surface area contributed by atoms with Crippen LogP contribution in [0.2, 0.25) is 0 Å². The van der Waals surface area contributed by atoms with Crippen LogP contribution in [0.3, 0.4) is 0 Å². The molecule has 0 aliphatic rings. The standard InChI is InChI=1S/C20H19N3O6/c1-28-17(25)10-14(12-5-7-13(8-6-12)29-11-15(21)24)18-19(26)22-16-4-2-3-9-23(16)20(18)27/h2-9,14,26H,10-11H2,1H3,(H2,21,24)/t14-/m1/s1. The molecular formula is C20H19N3O6. The minimum absolute atomic E-state index is 0.0232. The summed E-state index contributed by atoms with van der Waals surface area (Å²) >= 11 is 0. The lowest BCUT2D eigenvalue weighted by Crippen LogP contribution is -2.24. The Morgan fingerprint density at radius 3 is 2.59 bits per heavy atom. The number of amides is 1. The Kier molecular flexibility index (Phi) is 5.77. The summed E-state index contributed by atoms with van der Waals surface area (Å²) in [5, 5.41) is 10.5. The summed E-state index contributed by atoms with van der Waals surface area (Å²) in [6.07, 6.45) is 1.35. The molecule has 2 aromatic heterocycles. The smallest absolute Gasteiger partial charge is 0.306 e. The fraction of sp³-hybridized carbons (Fsp3) is 0.200. The number of rotatable bonds is 7. The van der Waals surface area contributed by atoms with Crippen LogP contribution >= 0.6 is 0 Å². The molecular weight excluding hydrogens is 378 g/mol. The Morgan fingerprint density at radius 1 is 1.21 bits per heavy atom. The number of aromatic hydroxyl groups is 1. The molecule has 0 saturated carbocycles. The van der Waals surface area contributed by atoms with Crippen molar-refractivity contribution >= 4 is 17.5 Å². The third kappa shape index (κ3) is 4.34. The van der Waals surface area contributed by atoms with Gasteiger partial charge in [-0.3, -0.25) is 18.8 Å². The number of carbonyl (C=O) groups excluding carboxylic acids is 2. The number of nitrogens with zero attached hydrogens (tertiary/aromatic N) is 2. The Balaban J connectivity index is 2.07. The third-order valence-electron chi connectivity index (χ3n) is 4.36. The zero-order chi connectivity index (χ0) is 21.0. The number of nitrogens with two attached hydrogens (primary N) is 1. The van der Waals surface area contributed by atoms with Crippen LogP contribution in [0.5, 0.6) is 11.6 Å². The van der Waals surface area contributed by atoms with Crippen LogP contribution in [0.15, 0.2) is 53.5 Å². The van der Waals surface area contributed by atoms with E-state index in [0.29, 0.717) is 11.3 Å². The molecule has 0 fully saturated rings. The van der Waals surface area contributed by atoms with Crippen molar-refractivity contribution in [3.05, 3.63) is 70.1 Å². The van der Waals surface area contributed by atoms with Gasteiger partial charge in [0, 0.05) is 12.1 Å². The monoisotopic (exact) mass is 397 g/mol. The lowest BCUT2D eigenvalue weighted by atomic mass is 9.89. The van der Waals surface area contributed by atoms with E-state index in [-0.39, 0.29) is 24.2 Å². The number of pyridine rings is 1. The molecule has 1 atom stereocenters. The number of esters is 1. The minimum Gasteiger partial charge on any atom is -0.493 e. The second kappa shape index (κ2) is 8.42. The molecule has 1 amide bonds. The van der Waals surface area contributed by atoms with E-state index in [9.17, 15) is 19.5 Å². The van der Waals surface area contributed by atoms with E-state index >= 15 is 0 Å². The van der Waals surface area contributed by atoms with Crippen LogP contribution in [0.25, 0.3) is 5.65 Å². The van der Waals surface area contributed by atoms with Gasteiger partial charge in [0.1, 0.15) is 11.4 Å². The van der Waals surface area contributed by atoms with Crippen LogP contribution in [-0.2, 0) is 14.3 Å². The van der Waals surface area contributed by atoms with E-state index in [0.717, 1.165) is 0 Å². The molecule has 9 heteroatoms. The van der Waals surface area contributed by atoms with Gasteiger partial charge < -0.3 is 20.3 Å². The number of methoxy groups -OCH3 is 1. The quantitative estimate of drug-likeness (QED) is 0.567. The second-order valence-corrected chi connectivity index (χ2v) is 6.24. The van der Waals surface area contributed by atoms with Gasteiger partial charge >= 0.3 is 5.97 Å². The molecule has 1 aromatic carbocycles. The second-order valence-electron chi connectivity index (χ2n) is 6.24. The van der Waals surface area contributed by atoms with Crippen molar-refractivity contribution in [2.75, 3.05) is 13.7 Å². The Morgan fingerprint density at radius 2 is 1.93 bits per heavy atom. The number of carbonyl (C=O) groups is 2. The highest BCUT2D eigenvalue weighted by atomic mass is 16.5. The number of ether oxygens (including phenoxy) is 2. The average molecular weight is 397 g/mol. The maximum Gasteiger partial charge on any atom is 0.306 e. The number of hydrogen-bond acceptors (Lipinski definition) is 7. The number of fused-ring (bicyclic) bond motifs is 1. The van der Waals surface area contributed by atoms with Crippen molar-refractivity contribution in [1.29, 1.82) is 0 Å². The minimum atomic E-state index is -0.801. The van der Waals surface area contributed by atoms with Gasteiger partial charge in [-0.1, -0.05) is 18.2 Å². The van der Waals surface area contributed by atoms with E-state index in [1.54, 1.807) is 42.5 Å². The molecule has 150 valence electrons. The zero-order valence-electron chi connectivity index (χ0n) is 15.6. The normalized spacial score (nSPS) is 11.8. The van der Waals surface area contributed by atoms with E-state index in [1.807, 2.05) is 0 Å². The topological polar surface area (TPSA) is 133 Å². The third-order valence-corrected chi connectivity index (χ3v) is 4.36. The molecule has 3 N–H and O–H groups in total. The van der Waals surface area contributed by atoms with Crippen LogP contribution in [0, 0.1) is 0 Å². The first-order chi connectivity index (χ1) is 13.9. The molecule has 29 heavy (non-hydrogen) atoms. The van der Waals surface area contributed by atoms with Gasteiger partial charge in [-0.15, -0.1) is 0 Å². The predicted octanol–water partition coefficient (Wildman–Crippen LogP) is 0.959. The highest BCUT2D eigenvalue weighted by Gasteiger charge is 2.27. The molecule has 3 aromatic rings. The summed E-state index contributed by atoms with van der Waals surface area (Å²) in [6.45, 7) is -0.276. The SMILES string of the molecule is COC(=O)C[C@H](c1ccc(OCC(N)=O)cc1)c1c(O)nc2ccccn2c1=O. The van der Waals surface area contributed by atoms with Gasteiger partial charge in [-0.25, -0.2) is 0 Å².